The minimum Gasteiger partial charge on any atom is -0.493 e. The van der Waals surface area contributed by atoms with Gasteiger partial charge in [0.25, 0.3) is 0 Å². The molecule has 6 rings (SSSR count). The molecule has 0 radical (unpaired) electrons. The number of aromatic nitrogens is 5. The molecule has 1 aliphatic carbocycles. The molecule has 1 unspecified atom stereocenters. The summed E-state index contributed by atoms with van der Waals surface area (Å²) in [5.74, 6) is 2.32. The Kier molecular flexibility index (Phi) is 5.03. The Morgan fingerprint density at radius 3 is 2.64 bits per heavy atom. The van der Waals surface area contributed by atoms with Crippen LogP contribution >= 0.6 is 0 Å². The van der Waals surface area contributed by atoms with Crippen molar-refractivity contribution in [1.29, 1.82) is 0 Å². The summed E-state index contributed by atoms with van der Waals surface area (Å²) >= 11 is 0. The summed E-state index contributed by atoms with van der Waals surface area (Å²) in [5.41, 5.74) is 3.17. The van der Waals surface area contributed by atoms with Gasteiger partial charge in [-0.25, -0.2) is 14.5 Å². The van der Waals surface area contributed by atoms with Crippen molar-refractivity contribution in [3.8, 4) is 28.9 Å². The molecule has 4 aromatic rings. The summed E-state index contributed by atoms with van der Waals surface area (Å²) in [5, 5.41) is 4.61. The monoisotopic (exact) mass is 483 g/mol. The molecule has 9 heteroatoms. The van der Waals surface area contributed by atoms with E-state index in [0.717, 1.165) is 5.56 Å². The Morgan fingerprint density at radius 1 is 1.06 bits per heavy atom. The fraction of sp³-hybridized carbons (Fsp3) is 0.296. The van der Waals surface area contributed by atoms with E-state index < -0.39 is 5.92 Å². The molecular formula is C27H25N5O4. The van der Waals surface area contributed by atoms with Gasteiger partial charge < -0.3 is 14.2 Å². The number of methoxy groups -OCH3 is 2. The van der Waals surface area contributed by atoms with E-state index in [-0.39, 0.29) is 11.2 Å². The smallest absolute Gasteiger partial charge is 0.228 e. The molecule has 1 atom stereocenters. The molecule has 1 aromatic carbocycles. The van der Waals surface area contributed by atoms with Crippen molar-refractivity contribution in [3.63, 3.8) is 0 Å². The van der Waals surface area contributed by atoms with Crippen molar-refractivity contribution in [2.24, 2.45) is 5.41 Å². The SMILES string of the molecule is COc1ccc(C2C3=C(CC(C)(C)CC3=O)Oc3ncn4nc(-c5ccccn5)nc4c32)cc1OC. The van der Waals surface area contributed by atoms with E-state index in [4.69, 9.17) is 19.2 Å². The van der Waals surface area contributed by atoms with Gasteiger partial charge in [-0.2, -0.15) is 0 Å². The zero-order valence-electron chi connectivity index (χ0n) is 20.5. The van der Waals surface area contributed by atoms with Crippen LogP contribution in [-0.4, -0.2) is 44.6 Å². The van der Waals surface area contributed by atoms with Crippen LogP contribution in [0.15, 0.2) is 60.3 Å². The highest BCUT2D eigenvalue weighted by Gasteiger charge is 2.44. The minimum absolute atomic E-state index is 0.0538. The number of ether oxygens (including phenoxy) is 3. The lowest BCUT2D eigenvalue weighted by Gasteiger charge is -2.37. The van der Waals surface area contributed by atoms with E-state index in [1.807, 2.05) is 36.4 Å². The van der Waals surface area contributed by atoms with Crippen LogP contribution in [-0.2, 0) is 4.79 Å². The standard InChI is InChI=1S/C27H25N5O4/c1-27(2)12-17(33)22-20(13-27)36-26-23(21(22)15-8-9-18(34-3)19(11-15)35-4)25-30-24(31-32(25)14-29-26)16-7-5-6-10-28-16/h5-11,14,21H,12-13H2,1-4H3. The highest BCUT2D eigenvalue weighted by Crippen LogP contribution is 2.51. The normalized spacial score (nSPS) is 18.4. The Hall–Kier alpha value is -4.27. The second kappa shape index (κ2) is 8.15. The molecule has 2 aliphatic rings. The molecular weight excluding hydrogens is 458 g/mol. The molecule has 0 saturated carbocycles. The summed E-state index contributed by atoms with van der Waals surface area (Å²) in [6.45, 7) is 4.15. The lowest BCUT2D eigenvalue weighted by atomic mass is 9.70. The van der Waals surface area contributed by atoms with Gasteiger partial charge in [-0.1, -0.05) is 26.0 Å². The average Bonchev–Trinajstić information content (AvgIpc) is 3.31. The Labute approximate surface area is 207 Å². The van der Waals surface area contributed by atoms with Gasteiger partial charge in [-0.15, -0.1) is 5.10 Å². The number of ketones is 1. The molecule has 0 bridgehead atoms. The Balaban J connectivity index is 1.61. The number of pyridine rings is 1. The summed E-state index contributed by atoms with van der Waals surface area (Å²) in [6, 6.07) is 11.3. The van der Waals surface area contributed by atoms with Crippen molar-refractivity contribution in [1.82, 2.24) is 24.6 Å². The van der Waals surface area contributed by atoms with E-state index in [0.29, 0.717) is 64.3 Å². The third-order valence-corrected chi connectivity index (χ3v) is 6.70. The van der Waals surface area contributed by atoms with Crippen molar-refractivity contribution in [2.75, 3.05) is 14.2 Å². The van der Waals surface area contributed by atoms with Crippen LogP contribution in [0.2, 0.25) is 0 Å². The van der Waals surface area contributed by atoms with Gasteiger partial charge in [0.1, 0.15) is 17.8 Å². The summed E-state index contributed by atoms with van der Waals surface area (Å²) in [6.07, 6.45) is 4.34. The zero-order chi connectivity index (χ0) is 25.0. The van der Waals surface area contributed by atoms with Gasteiger partial charge in [0.15, 0.2) is 22.9 Å². The second-order valence-electron chi connectivity index (χ2n) is 9.81. The van der Waals surface area contributed by atoms with E-state index in [9.17, 15) is 4.79 Å². The molecule has 0 N–H and O–H groups in total. The third-order valence-electron chi connectivity index (χ3n) is 6.70. The van der Waals surface area contributed by atoms with Crippen molar-refractivity contribution < 1.29 is 19.0 Å². The summed E-state index contributed by atoms with van der Waals surface area (Å²) in [4.78, 5) is 27.4. The predicted molar refractivity (Wildman–Crippen MR) is 131 cm³/mol. The predicted octanol–water partition coefficient (Wildman–Crippen LogP) is 4.37. The third kappa shape index (κ3) is 3.50. The quantitative estimate of drug-likeness (QED) is 0.422. The fourth-order valence-electron chi connectivity index (χ4n) is 5.11. The number of rotatable bonds is 4. The topological polar surface area (TPSA) is 101 Å². The molecule has 0 fully saturated rings. The number of fused-ring (bicyclic) bond motifs is 3. The molecule has 182 valence electrons. The van der Waals surface area contributed by atoms with Gasteiger partial charge in [0, 0.05) is 24.6 Å². The number of benzene rings is 1. The van der Waals surface area contributed by atoms with Crippen LogP contribution in [0.1, 0.15) is 43.7 Å². The number of nitrogens with zero attached hydrogens (tertiary/aromatic N) is 5. The van der Waals surface area contributed by atoms with Crippen molar-refractivity contribution in [2.45, 2.75) is 32.6 Å². The first-order valence-electron chi connectivity index (χ1n) is 11.7. The van der Waals surface area contributed by atoms with Crippen molar-refractivity contribution in [3.05, 3.63) is 71.4 Å². The van der Waals surface area contributed by atoms with Crippen LogP contribution in [0.25, 0.3) is 17.2 Å². The van der Waals surface area contributed by atoms with E-state index in [1.54, 1.807) is 31.3 Å². The van der Waals surface area contributed by atoms with Crippen molar-refractivity contribution >= 4 is 11.4 Å². The van der Waals surface area contributed by atoms with Crippen LogP contribution < -0.4 is 14.2 Å². The van der Waals surface area contributed by atoms with E-state index >= 15 is 0 Å². The largest absolute Gasteiger partial charge is 0.493 e. The van der Waals surface area contributed by atoms with E-state index in [2.05, 4.69) is 28.9 Å². The number of Topliss-reactive ketones (excluding diaryl/α,β-unsaturated/α-hetero) is 1. The van der Waals surface area contributed by atoms with Crippen LogP contribution in [0.4, 0.5) is 0 Å². The molecule has 4 heterocycles. The molecule has 3 aromatic heterocycles. The number of carbonyl (C=O) groups excluding carboxylic acids is 1. The molecule has 1 aliphatic heterocycles. The molecule has 9 nitrogen and oxygen atoms in total. The lowest BCUT2D eigenvalue weighted by molar-refractivity contribution is -0.118. The lowest BCUT2D eigenvalue weighted by Crippen LogP contribution is -2.33. The number of hydrogen-bond acceptors (Lipinski definition) is 8. The van der Waals surface area contributed by atoms with Crippen LogP contribution in [0.3, 0.4) is 0 Å². The van der Waals surface area contributed by atoms with Gasteiger partial charge >= 0.3 is 0 Å². The Morgan fingerprint density at radius 2 is 1.89 bits per heavy atom. The fourth-order valence-corrected chi connectivity index (χ4v) is 5.11. The molecule has 0 spiro atoms. The zero-order valence-corrected chi connectivity index (χ0v) is 20.5. The average molecular weight is 484 g/mol. The minimum atomic E-state index is -0.455. The maximum absolute atomic E-state index is 13.6. The summed E-state index contributed by atoms with van der Waals surface area (Å²) < 4.78 is 19.0. The maximum atomic E-state index is 13.6. The highest BCUT2D eigenvalue weighted by molar-refractivity contribution is 6.00. The Bertz CT molecular complexity index is 1540. The summed E-state index contributed by atoms with van der Waals surface area (Å²) in [7, 11) is 3.19. The maximum Gasteiger partial charge on any atom is 0.228 e. The van der Waals surface area contributed by atoms with Crippen LogP contribution in [0, 0.1) is 5.41 Å². The second-order valence-corrected chi connectivity index (χ2v) is 9.81. The van der Waals surface area contributed by atoms with Gasteiger partial charge in [0.05, 0.1) is 25.7 Å². The molecule has 0 amide bonds. The number of allylic oxidation sites excluding steroid dienone is 2. The van der Waals surface area contributed by atoms with Gasteiger partial charge in [-0.05, 0) is 35.2 Å². The molecule has 36 heavy (non-hydrogen) atoms. The highest BCUT2D eigenvalue weighted by atomic mass is 16.5. The van der Waals surface area contributed by atoms with Crippen LogP contribution in [0.5, 0.6) is 17.4 Å². The first-order chi connectivity index (χ1) is 17.4. The first kappa shape index (κ1) is 22.2. The van der Waals surface area contributed by atoms with E-state index in [1.165, 1.54) is 0 Å². The van der Waals surface area contributed by atoms with Gasteiger partial charge in [0.2, 0.25) is 11.7 Å². The van der Waals surface area contributed by atoms with Gasteiger partial charge in [-0.3, -0.25) is 9.78 Å². The first-order valence-corrected chi connectivity index (χ1v) is 11.7. The number of hydrogen-bond donors (Lipinski definition) is 0. The number of carbonyl (C=O) groups is 1. The molecule has 0 saturated heterocycles.